The number of benzene rings is 1. The maximum absolute atomic E-state index is 13.2. The summed E-state index contributed by atoms with van der Waals surface area (Å²) in [5, 5.41) is 40.0. The number of nitrogens with zero attached hydrogens (tertiary/aromatic N) is 3. The second-order valence-electron chi connectivity index (χ2n) is 13.9. The first-order valence-corrected chi connectivity index (χ1v) is 18.2. The van der Waals surface area contributed by atoms with E-state index in [9.17, 15) is 20.1 Å². The third-order valence-corrected chi connectivity index (χ3v) is 11.5. The molecule has 2 fully saturated rings. The third-order valence-electron chi connectivity index (χ3n) is 9.33. The second kappa shape index (κ2) is 14.9. The molecule has 1 spiro atoms. The highest BCUT2D eigenvalue weighted by Crippen LogP contribution is 2.46. The van der Waals surface area contributed by atoms with Crippen LogP contribution < -0.4 is 10.6 Å². The number of morpholine rings is 1. The summed E-state index contributed by atoms with van der Waals surface area (Å²) in [6.07, 6.45) is 5.82. The first kappa shape index (κ1) is 34.4. The summed E-state index contributed by atoms with van der Waals surface area (Å²) in [6, 6.07) is 3.28. The van der Waals surface area contributed by atoms with Crippen molar-refractivity contribution < 1.29 is 24.9 Å². The van der Waals surface area contributed by atoms with Crippen molar-refractivity contribution in [2.45, 2.75) is 94.3 Å². The van der Waals surface area contributed by atoms with Crippen LogP contribution in [-0.2, 0) is 4.74 Å². The first-order chi connectivity index (χ1) is 21.5. The zero-order chi connectivity index (χ0) is 32.2. The summed E-state index contributed by atoms with van der Waals surface area (Å²) in [6.45, 7) is 14.9. The van der Waals surface area contributed by atoms with E-state index < -0.39 is 11.7 Å². The molecule has 5 N–H and O–H groups in total. The van der Waals surface area contributed by atoms with Gasteiger partial charge < -0.3 is 40.5 Å². The van der Waals surface area contributed by atoms with Gasteiger partial charge in [0.15, 0.2) is 5.56 Å². The van der Waals surface area contributed by atoms with E-state index in [1.807, 2.05) is 10.3 Å². The SMILES string of the molecule is CC(C)c1nc(C(=O)N2CCOC3(CCN(CCCCCC(C)(C)CNC[C@H](O)c4ccc(O)c5c4SC(O)N5)CC3)C2)cs1. The van der Waals surface area contributed by atoms with Crippen LogP contribution in [0.4, 0.5) is 5.69 Å². The van der Waals surface area contributed by atoms with Crippen LogP contribution in [0.15, 0.2) is 22.4 Å². The lowest BCUT2D eigenvalue weighted by Crippen LogP contribution is -2.58. The van der Waals surface area contributed by atoms with Crippen LogP contribution in [0.2, 0.25) is 0 Å². The van der Waals surface area contributed by atoms with Crippen molar-refractivity contribution in [2.24, 2.45) is 5.41 Å². The van der Waals surface area contributed by atoms with E-state index >= 15 is 0 Å². The number of nitrogens with one attached hydrogen (secondary N) is 2. The second-order valence-corrected chi connectivity index (χ2v) is 15.9. The van der Waals surface area contributed by atoms with E-state index in [-0.39, 0.29) is 22.7 Å². The Kier molecular flexibility index (Phi) is 11.4. The summed E-state index contributed by atoms with van der Waals surface area (Å²) >= 11 is 2.78. The van der Waals surface area contributed by atoms with Crippen molar-refractivity contribution in [3.8, 4) is 5.75 Å². The van der Waals surface area contributed by atoms with Crippen LogP contribution in [0.3, 0.4) is 0 Å². The molecule has 0 saturated carbocycles. The smallest absolute Gasteiger partial charge is 0.273 e. The number of rotatable bonds is 13. The number of ether oxygens (including phenoxy) is 1. The summed E-state index contributed by atoms with van der Waals surface area (Å²) < 4.78 is 6.31. The molecule has 10 nitrogen and oxygen atoms in total. The number of aliphatic hydroxyl groups excluding tert-OH is 2. The van der Waals surface area contributed by atoms with E-state index in [0.29, 0.717) is 54.0 Å². The molecule has 1 unspecified atom stereocenters. The van der Waals surface area contributed by atoms with Gasteiger partial charge in [0, 0.05) is 48.9 Å². The number of amides is 1. The molecule has 1 aromatic heterocycles. The van der Waals surface area contributed by atoms with Crippen molar-refractivity contribution in [2.75, 3.05) is 57.7 Å². The lowest BCUT2D eigenvalue weighted by atomic mass is 9.86. The fraction of sp³-hybridized carbons (Fsp3) is 0.697. The Bertz CT molecular complexity index is 1300. The number of phenolic OH excluding ortho intramolecular Hbond substituents is 1. The molecule has 45 heavy (non-hydrogen) atoms. The Morgan fingerprint density at radius 3 is 2.73 bits per heavy atom. The number of carbonyl (C=O) groups is 1. The molecule has 3 aliphatic heterocycles. The lowest BCUT2D eigenvalue weighted by Gasteiger charge is -2.47. The van der Waals surface area contributed by atoms with Gasteiger partial charge in [-0.2, -0.15) is 0 Å². The fourth-order valence-electron chi connectivity index (χ4n) is 6.56. The molecular formula is C33H51N5O5S2. The Balaban J connectivity index is 0.968. The van der Waals surface area contributed by atoms with E-state index in [4.69, 9.17) is 4.74 Å². The number of hydrogen-bond acceptors (Lipinski definition) is 11. The highest BCUT2D eigenvalue weighted by atomic mass is 32.2. The Labute approximate surface area is 275 Å². The largest absolute Gasteiger partial charge is 0.506 e. The molecule has 0 radical (unpaired) electrons. The molecule has 2 aromatic rings. The number of fused-ring (bicyclic) bond motifs is 1. The van der Waals surface area contributed by atoms with E-state index in [1.165, 1.54) is 24.6 Å². The molecule has 2 atom stereocenters. The average molecular weight is 662 g/mol. The molecule has 1 aromatic carbocycles. The zero-order valence-electron chi connectivity index (χ0n) is 27.2. The molecule has 1 amide bonds. The van der Waals surface area contributed by atoms with Crippen molar-refractivity contribution in [1.29, 1.82) is 0 Å². The quantitative estimate of drug-likeness (QED) is 0.148. The highest BCUT2D eigenvalue weighted by Gasteiger charge is 2.41. The number of anilines is 1. The van der Waals surface area contributed by atoms with Crippen LogP contribution >= 0.6 is 23.1 Å². The number of hydrogen-bond donors (Lipinski definition) is 5. The minimum atomic E-state index is -0.820. The Morgan fingerprint density at radius 2 is 2.00 bits per heavy atom. The highest BCUT2D eigenvalue weighted by molar-refractivity contribution is 8.00. The zero-order valence-corrected chi connectivity index (χ0v) is 28.8. The third kappa shape index (κ3) is 8.71. The van der Waals surface area contributed by atoms with Crippen molar-refractivity contribution >= 4 is 34.7 Å². The predicted molar refractivity (Wildman–Crippen MR) is 180 cm³/mol. The van der Waals surface area contributed by atoms with Crippen LogP contribution in [-0.4, -0.2) is 99.6 Å². The van der Waals surface area contributed by atoms with Gasteiger partial charge in [-0.25, -0.2) is 4.98 Å². The van der Waals surface area contributed by atoms with Gasteiger partial charge in [0.2, 0.25) is 0 Å². The van der Waals surface area contributed by atoms with Crippen LogP contribution in [0, 0.1) is 5.41 Å². The van der Waals surface area contributed by atoms with Crippen LogP contribution in [0.25, 0.3) is 0 Å². The number of carbonyl (C=O) groups excluding carboxylic acids is 1. The van der Waals surface area contributed by atoms with Gasteiger partial charge in [0.05, 0.1) is 35.6 Å². The van der Waals surface area contributed by atoms with Gasteiger partial charge in [0.25, 0.3) is 5.91 Å². The van der Waals surface area contributed by atoms with E-state index in [1.54, 1.807) is 23.5 Å². The number of likely N-dealkylation sites (tertiary alicyclic amines) is 1. The normalized spacial score (nSPS) is 20.9. The van der Waals surface area contributed by atoms with Gasteiger partial charge in [-0.1, -0.05) is 58.4 Å². The number of aromatic hydroxyl groups is 1. The number of piperidine rings is 1. The van der Waals surface area contributed by atoms with E-state index in [2.05, 4.69) is 48.2 Å². The summed E-state index contributed by atoms with van der Waals surface area (Å²) in [7, 11) is 0. The molecule has 12 heteroatoms. The Morgan fingerprint density at radius 1 is 1.22 bits per heavy atom. The van der Waals surface area contributed by atoms with Crippen molar-refractivity contribution in [3.05, 3.63) is 33.8 Å². The summed E-state index contributed by atoms with van der Waals surface area (Å²) in [5.41, 5.74) is 0.830. The van der Waals surface area contributed by atoms with Crippen LogP contribution in [0.5, 0.6) is 5.75 Å². The predicted octanol–water partition coefficient (Wildman–Crippen LogP) is 4.98. The number of aromatic nitrogens is 1. The summed E-state index contributed by atoms with van der Waals surface area (Å²) in [5.74, 6) is 0.448. The molecule has 0 aliphatic carbocycles. The fourth-order valence-corrected chi connectivity index (χ4v) is 8.39. The first-order valence-electron chi connectivity index (χ1n) is 16.4. The number of thiazole rings is 1. The maximum atomic E-state index is 13.2. The average Bonchev–Trinajstić information content (AvgIpc) is 3.66. The molecular weight excluding hydrogens is 611 g/mol. The number of phenols is 1. The molecule has 3 aliphatic rings. The molecule has 250 valence electrons. The maximum Gasteiger partial charge on any atom is 0.273 e. The number of thioether (sulfide) groups is 1. The number of unbranched alkanes of at least 4 members (excludes halogenated alkanes) is 2. The van der Waals surface area contributed by atoms with Gasteiger partial charge >= 0.3 is 0 Å². The van der Waals surface area contributed by atoms with Gasteiger partial charge in [-0.15, -0.1) is 11.3 Å². The van der Waals surface area contributed by atoms with Gasteiger partial charge in [0.1, 0.15) is 11.4 Å². The van der Waals surface area contributed by atoms with Gasteiger partial charge in [-0.3, -0.25) is 4.79 Å². The van der Waals surface area contributed by atoms with Crippen LogP contribution in [0.1, 0.15) is 99.3 Å². The molecule has 0 bridgehead atoms. The topological polar surface area (TPSA) is 130 Å². The Hall–Kier alpha value is -1.93. The standard InChI is InChI=1S/C33H51N5O5S2/c1-22(2)29-35-24(19-44-29)30(41)38-16-17-43-33(21-38)11-14-37(15-12-33)13-7-5-6-10-32(3,4)20-34-18-26(40)23-8-9-25(39)27-28(23)45-31(42)36-27/h8-9,19,22,26,31,34,36,39-40,42H,5-7,10-18,20-21H2,1-4H3/t26-,31?/m0/s1. The summed E-state index contributed by atoms with van der Waals surface area (Å²) in [4.78, 5) is 23.0. The molecule has 4 heterocycles. The monoisotopic (exact) mass is 661 g/mol. The molecule has 5 rings (SSSR count). The van der Waals surface area contributed by atoms with Crippen molar-refractivity contribution in [1.82, 2.24) is 20.1 Å². The molecule has 2 saturated heterocycles. The van der Waals surface area contributed by atoms with Crippen molar-refractivity contribution in [3.63, 3.8) is 0 Å². The van der Waals surface area contributed by atoms with Gasteiger partial charge in [-0.05, 0) is 49.3 Å². The minimum absolute atomic E-state index is 0.0375. The number of aliphatic hydroxyl groups is 2. The van der Waals surface area contributed by atoms with E-state index in [0.717, 1.165) is 56.9 Å². The lowest BCUT2D eigenvalue weighted by molar-refractivity contribution is -0.127. The minimum Gasteiger partial charge on any atom is -0.506 e.